The lowest BCUT2D eigenvalue weighted by molar-refractivity contribution is -0.247. The number of aromatic hydroxyl groups is 2. The molecule has 0 aromatic heterocycles. The van der Waals surface area contributed by atoms with Gasteiger partial charge in [0, 0.05) is 49.0 Å². The number of rotatable bonds is 5. The normalized spacial score (nSPS) is 29.6. The third-order valence-corrected chi connectivity index (χ3v) is 9.54. The number of morpholine rings is 1. The molecule has 2 saturated heterocycles. The zero-order valence-electron chi connectivity index (χ0n) is 26.1. The largest absolute Gasteiger partial charge is 0.507 e. The third kappa shape index (κ3) is 5.25. The number of fused-ring (bicyclic) bond motifs is 3. The maximum absolute atomic E-state index is 13.9. The number of ether oxygens (including phenoxy) is 4. The number of phenols is 2. The first-order valence-corrected chi connectivity index (χ1v) is 15.3. The van der Waals surface area contributed by atoms with E-state index in [4.69, 9.17) is 23.9 Å². The van der Waals surface area contributed by atoms with Gasteiger partial charge in [-0.3, -0.25) is 19.4 Å². The number of carbonyl (C=O) groups is 3. The first-order chi connectivity index (χ1) is 21.9. The maximum Gasteiger partial charge on any atom is 0.202 e. The first-order valence-electron chi connectivity index (χ1n) is 15.3. The van der Waals surface area contributed by atoms with Crippen LogP contribution in [0.4, 0.5) is 0 Å². The van der Waals surface area contributed by atoms with Crippen LogP contribution in [0.15, 0.2) is 23.2 Å². The molecule has 4 unspecified atom stereocenters. The van der Waals surface area contributed by atoms with Gasteiger partial charge in [0.25, 0.3) is 0 Å². The van der Waals surface area contributed by atoms with Gasteiger partial charge in [0.15, 0.2) is 17.9 Å². The summed E-state index contributed by atoms with van der Waals surface area (Å²) in [6.45, 7) is 7.18. The molecule has 2 fully saturated rings. The van der Waals surface area contributed by atoms with E-state index in [1.54, 1.807) is 6.92 Å². The number of carbonyl (C=O) groups excluding carboxylic acids is 3. The Morgan fingerprint density at radius 3 is 2.43 bits per heavy atom. The standard InChI is InChI=1S/C33H38N2O11/c1-15-28(37)20(34-17(3)35-8-10-44-11-9-35)12-23(45-15)46-22-14-33(42,16(2)36)13-19-25(22)32(41)27-26(30(19)39)29(38)18-6-5-7-21(43-4)24(18)31(27)40/h5-7,15,20,22-23,28,37,39,41-42H,8-14H2,1-4H3/t15?,20-,22+,23?,28?,33?/m1/s1. The number of hydrogen-bond acceptors (Lipinski definition) is 12. The fourth-order valence-corrected chi connectivity index (χ4v) is 6.94. The van der Waals surface area contributed by atoms with E-state index in [1.165, 1.54) is 32.2 Å². The van der Waals surface area contributed by atoms with Crippen molar-refractivity contribution in [1.82, 2.24) is 4.90 Å². The van der Waals surface area contributed by atoms with Crippen molar-refractivity contribution >= 4 is 23.2 Å². The van der Waals surface area contributed by atoms with Crippen LogP contribution >= 0.6 is 0 Å². The highest BCUT2D eigenvalue weighted by molar-refractivity contribution is 6.31. The van der Waals surface area contributed by atoms with E-state index in [0.717, 1.165) is 5.84 Å². The van der Waals surface area contributed by atoms with Gasteiger partial charge in [0.1, 0.15) is 29.0 Å². The van der Waals surface area contributed by atoms with Gasteiger partial charge >= 0.3 is 0 Å². The van der Waals surface area contributed by atoms with E-state index in [-0.39, 0.29) is 40.8 Å². The van der Waals surface area contributed by atoms with Gasteiger partial charge in [-0.25, -0.2) is 0 Å². The predicted octanol–water partition coefficient (Wildman–Crippen LogP) is 1.82. The number of hydrogen-bond donors (Lipinski definition) is 4. The Bertz CT molecular complexity index is 1630. The first kappa shape index (κ1) is 32.1. The van der Waals surface area contributed by atoms with Crippen LogP contribution in [0.1, 0.15) is 82.7 Å². The second-order valence-electron chi connectivity index (χ2n) is 12.3. The molecule has 6 atom stereocenters. The van der Waals surface area contributed by atoms with Crippen LogP contribution in [0, 0.1) is 0 Å². The zero-order valence-corrected chi connectivity index (χ0v) is 26.1. The Morgan fingerprint density at radius 2 is 1.76 bits per heavy atom. The van der Waals surface area contributed by atoms with Gasteiger partial charge < -0.3 is 44.3 Å². The molecule has 2 aromatic rings. The second-order valence-corrected chi connectivity index (χ2v) is 12.3. The quantitative estimate of drug-likeness (QED) is 0.181. The second kappa shape index (κ2) is 12.0. The lowest BCUT2D eigenvalue weighted by Crippen LogP contribution is -2.50. The molecule has 246 valence electrons. The highest BCUT2D eigenvalue weighted by Gasteiger charge is 2.49. The number of aliphatic imine (C=N–C) groups is 1. The molecule has 0 bridgehead atoms. The van der Waals surface area contributed by atoms with E-state index < -0.39 is 82.6 Å². The van der Waals surface area contributed by atoms with Crippen LogP contribution < -0.4 is 4.74 Å². The van der Waals surface area contributed by atoms with Crippen LogP contribution in [0.25, 0.3) is 0 Å². The molecule has 6 rings (SSSR count). The number of aliphatic hydroxyl groups is 2. The van der Waals surface area contributed by atoms with Crippen molar-refractivity contribution in [3.05, 3.63) is 51.6 Å². The van der Waals surface area contributed by atoms with Crippen molar-refractivity contribution in [2.24, 2.45) is 4.99 Å². The highest BCUT2D eigenvalue weighted by atomic mass is 16.7. The number of amidine groups is 1. The minimum atomic E-state index is -2.02. The summed E-state index contributed by atoms with van der Waals surface area (Å²) in [7, 11) is 1.35. The Kier molecular flexibility index (Phi) is 8.40. The van der Waals surface area contributed by atoms with E-state index in [0.29, 0.717) is 26.3 Å². The van der Waals surface area contributed by atoms with Crippen molar-refractivity contribution in [1.29, 1.82) is 0 Å². The third-order valence-electron chi connectivity index (χ3n) is 9.54. The summed E-state index contributed by atoms with van der Waals surface area (Å²) in [6, 6.07) is 3.84. The van der Waals surface area contributed by atoms with Crippen molar-refractivity contribution in [2.75, 3.05) is 33.4 Å². The lowest BCUT2D eigenvalue weighted by Gasteiger charge is -2.42. The summed E-state index contributed by atoms with van der Waals surface area (Å²) in [6.07, 6.45) is -4.61. The SMILES string of the molecule is COc1cccc2c1C(=O)c1c(O)c3c(c(O)c1C2=O)CC(O)(C(C)=O)C[C@@H]3OC1C[C@@H](N=C(C)N2CCOCC2)C(O)C(C)O1. The fraction of sp³-hybridized carbons (Fsp3) is 0.515. The lowest BCUT2D eigenvalue weighted by atomic mass is 9.72. The maximum atomic E-state index is 13.9. The summed E-state index contributed by atoms with van der Waals surface area (Å²) in [4.78, 5) is 47.1. The molecule has 4 aliphatic rings. The molecule has 2 heterocycles. The summed E-state index contributed by atoms with van der Waals surface area (Å²) in [5.41, 5.74) is -3.06. The van der Waals surface area contributed by atoms with Crippen molar-refractivity contribution in [2.45, 2.75) is 76.3 Å². The van der Waals surface area contributed by atoms with Crippen molar-refractivity contribution in [3.8, 4) is 17.2 Å². The molecule has 46 heavy (non-hydrogen) atoms. The van der Waals surface area contributed by atoms with Crippen LogP contribution in [-0.4, -0.2) is 112 Å². The molecule has 0 radical (unpaired) electrons. The van der Waals surface area contributed by atoms with Gasteiger partial charge in [-0.2, -0.15) is 0 Å². The molecule has 13 heteroatoms. The van der Waals surface area contributed by atoms with E-state index >= 15 is 0 Å². The molecule has 2 aliphatic heterocycles. The van der Waals surface area contributed by atoms with Gasteiger partial charge in [-0.05, 0) is 26.8 Å². The molecule has 0 amide bonds. The fourth-order valence-electron chi connectivity index (χ4n) is 6.94. The van der Waals surface area contributed by atoms with Gasteiger partial charge in [0.2, 0.25) is 5.78 Å². The summed E-state index contributed by atoms with van der Waals surface area (Å²) in [5, 5.41) is 45.6. The molecule has 4 N–H and O–H groups in total. The molecule has 2 aromatic carbocycles. The smallest absolute Gasteiger partial charge is 0.202 e. The molecule has 0 saturated carbocycles. The van der Waals surface area contributed by atoms with E-state index in [2.05, 4.69) is 4.90 Å². The number of Topliss-reactive ketones (excluding diaryl/α,β-unsaturated/α-hetero) is 1. The Balaban J connectivity index is 1.40. The highest BCUT2D eigenvalue weighted by Crippen LogP contribution is 2.52. The number of aliphatic hydroxyl groups excluding tert-OH is 1. The molecular formula is C33H38N2O11. The van der Waals surface area contributed by atoms with Crippen LogP contribution in [0.3, 0.4) is 0 Å². The molecule has 13 nitrogen and oxygen atoms in total. The number of phenolic OH excluding ortho intramolecular Hbond substituents is 2. The van der Waals surface area contributed by atoms with Crippen molar-refractivity contribution < 1.29 is 53.8 Å². The number of ketones is 3. The zero-order chi connectivity index (χ0) is 33.1. The Hall–Kier alpha value is -3.88. The topological polar surface area (TPSA) is 185 Å². The molecular weight excluding hydrogens is 600 g/mol. The average Bonchev–Trinajstić information content (AvgIpc) is 3.03. The molecule has 0 spiro atoms. The van der Waals surface area contributed by atoms with E-state index in [9.17, 15) is 34.8 Å². The summed E-state index contributed by atoms with van der Waals surface area (Å²) < 4.78 is 23.1. The van der Waals surface area contributed by atoms with Gasteiger partial charge in [-0.15, -0.1) is 0 Å². The van der Waals surface area contributed by atoms with Crippen molar-refractivity contribution in [3.63, 3.8) is 0 Å². The van der Waals surface area contributed by atoms with Crippen LogP contribution in [0.5, 0.6) is 17.2 Å². The summed E-state index contributed by atoms with van der Waals surface area (Å²) >= 11 is 0. The number of nitrogens with zero attached hydrogens (tertiary/aromatic N) is 2. The average molecular weight is 639 g/mol. The Labute approximate surface area is 265 Å². The number of benzene rings is 2. The number of methoxy groups -OCH3 is 1. The van der Waals surface area contributed by atoms with Crippen LogP contribution in [0.2, 0.25) is 0 Å². The van der Waals surface area contributed by atoms with E-state index in [1.807, 2.05) is 6.92 Å². The Morgan fingerprint density at radius 1 is 1.07 bits per heavy atom. The minimum absolute atomic E-state index is 0.0148. The van der Waals surface area contributed by atoms with Gasteiger partial charge in [0.05, 0.1) is 61.1 Å². The summed E-state index contributed by atoms with van der Waals surface area (Å²) in [5.74, 6) is -2.45. The van der Waals surface area contributed by atoms with Crippen LogP contribution in [-0.2, 0) is 25.4 Å². The molecule has 2 aliphatic carbocycles. The monoisotopic (exact) mass is 638 g/mol. The minimum Gasteiger partial charge on any atom is -0.507 e. The van der Waals surface area contributed by atoms with Gasteiger partial charge in [-0.1, -0.05) is 12.1 Å². The predicted molar refractivity (Wildman–Crippen MR) is 162 cm³/mol.